The molecule has 0 unspecified atom stereocenters. The van der Waals surface area contributed by atoms with E-state index in [2.05, 4.69) is 0 Å². The predicted molar refractivity (Wildman–Crippen MR) is 71.6 cm³/mol. The number of piperidine rings is 1. The van der Waals surface area contributed by atoms with Crippen LogP contribution in [0.15, 0.2) is 0 Å². The number of hydrogen-bond acceptors (Lipinski definition) is 4. The van der Waals surface area contributed by atoms with Crippen LogP contribution >= 0.6 is 0 Å². The summed E-state index contributed by atoms with van der Waals surface area (Å²) in [6.45, 7) is 4.09. The molecule has 0 atom stereocenters. The van der Waals surface area contributed by atoms with Gasteiger partial charge in [0.15, 0.2) is 0 Å². The lowest BCUT2D eigenvalue weighted by atomic mass is 10.1. The first kappa shape index (κ1) is 15.6. The Hall–Kier alpha value is -1.43. The van der Waals surface area contributed by atoms with Gasteiger partial charge in [-0.05, 0) is 6.54 Å². The maximum Gasteiger partial charge on any atom is 0.236 e. The van der Waals surface area contributed by atoms with Crippen LogP contribution in [0.4, 0.5) is 0 Å². The molecule has 1 aliphatic rings. The van der Waals surface area contributed by atoms with Crippen molar-refractivity contribution in [2.24, 2.45) is 0 Å². The van der Waals surface area contributed by atoms with Gasteiger partial charge in [0.2, 0.25) is 11.8 Å². The summed E-state index contributed by atoms with van der Waals surface area (Å²) < 4.78 is 0. The fraction of sp³-hybridized carbons (Fsp3) is 0.769. The van der Waals surface area contributed by atoms with E-state index in [4.69, 9.17) is 0 Å². The van der Waals surface area contributed by atoms with Crippen LogP contribution in [-0.2, 0) is 14.4 Å². The highest BCUT2D eigenvalue weighted by Gasteiger charge is 2.22. The summed E-state index contributed by atoms with van der Waals surface area (Å²) in [6.07, 6.45) is 0.906. The number of rotatable bonds is 5. The van der Waals surface area contributed by atoms with E-state index in [1.165, 1.54) is 4.90 Å². The van der Waals surface area contributed by atoms with Crippen LogP contribution in [0.1, 0.15) is 19.8 Å². The molecule has 1 aliphatic heterocycles. The first-order valence-electron chi connectivity index (χ1n) is 6.66. The van der Waals surface area contributed by atoms with Crippen LogP contribution in [0.5, 0.6) is 0 Å². The molecule has 108 valence electrons. The first-order chi connectivity index (χ1) is 8.93. The number of Topliss-reactive ketones (excluding diaryl/α,β-unsaturated/α-hetero) is 1. The molecule has 1 saturated heterocycles. The second-order valence-corrected chi connectivity index (χ2v) is 5.01. The molecule has 1 rings (SSSR count). The molecular formula is C13H23N3O3. The summed E-state index contributed by atoms with van der Waals surface area (Å²) in [5.74, 6) is 0.212. The summed E-state index contributed by atoms with van der Waals surface area (Å²) in [5.41, 5.74) is 0. The van der Waals surface area contributed by atoms with Crippen molar-refractivity contribution in [1.82, 2.24) is 14.7 Å². The van der Waals surface area contributed by atoms with E-state index >= 15 is 0 Å². The smallest absolute Gasteiger partial charge is 0.236 e. The molecule has 1 heterocycles. The lowest BCUT2D eigenvalue weighted by molar-refractivity contribution is -0.136. The molecule has 0 radical (unpaired) electrons. The molecule has 2 amide bonds. The van der Waals surface area contributed by atoms with Gasteiger partial charge in [-0.3, -0.25) is 19.3 Å². The van der Waals surface area contributed by atoms with Gasteiger partial charge in [0, 0.05) is 40.0 Å². The normalized spacial score (nSPS) is 15.8. The van der Waals surface area contributed by atoms with E-state index in [1.54, 1.807) is 19.0 Å². The second-order valence-electron chi connectivity index (χ2n) is 5.01. The third kappa shape index (κ3) is 4.98. The third-order valence-electron chi connectivity index (χ3n) is 3.34. The minimum atomic E-state index is -0.0107. The monoisotopic (exact) mass is 269 g/mol. The molecule has 19 heavy (non-hydrogen) atoms. The summed E-state index contributed by atoms with van der Waals surface area (Å²) in [6, 6.07) is 0. The van der Waals surface area contributed by atoms with Gasteiger partial charge in [-0.25, -0.2) is 0 Å². The van der Waals surface area contributed by atoms with Gasteiger partial charge >= 0.3 is 0 Å². The van der Waals surface area contributed by atoms with Crippen molar-refractivity contribution in [1.29, 1.82) is 0 Å². The highest BCUT2D eigenvalue weighted by Crippen LogP contribution is 2.06. The van der Waals surface area contributed by atoms with Crippen LogP contribution in [0.3, 0.4) is 0 Å². The van der Waals surface area contributed by atoms with E-state index < -0.39 is 0 Å². The maximum atomic E-state index is 12.1. The summed E-state index contributed by atoms with van der Waals surface area (Å²) in [5, 5.41) is 0. The van der Waals surface area contributed by atoms with Gasteiger partial charge < -0.3 is 9.80 Å². The van der Waals surface area contributed by atoms with Gasteiger partial charge in [0.05, 0.1) is 13.1 Å². The van der Waals surface area contributed by atoms with Gasteiger partial charge in [0.1, 0.15) is 5.78 Å². The van der Waals surface area contributed by atoms with Crippen molar-refractivity contribution in [2.45, 2.75) is 19.8 Å². The van der Waals surface area contributed by atoms with E-state index in [0.29, 0.717) is 32.5 Å². The SMILES string of the molecule is CCN(CC(=O)N(C)C)CC(=O)N1CCC(=O)CC1. The Kier molecular flexibility index (Phi) is 5.95. The summed E-state index contributed by atoms with van der Waals surface area (Å²) >= 11 is 0. The van der Waals surface area contributed by atoms with Crippen molar-refractivity contribution >= 4 is 17.6 Å². The Labute approximate surface area is 114 Å². The van der Waals surface area contributed by atoms with Crippen LogP contribution in [-0.4, -0.2) is 79.1 Å². The number of carbonyl (C=O) groups is 3. The first-order valence-corrected chi connectivity index (χ1v) is 6.66. The average Bonchev–Trinajstić information content (AvgIpc) is 2.38. The minimum Gasteiger partial charge on any atom is -0.348 e. The molecular weight excluding hydrogens is 246 g/mol. The third-order valence-corrected chi connectivity index (χ3v) is 3.34. The molecule has 0 aliphatic carbocycles. The molecule has 1 fully saturated rings. The Bertz CT molecular complexity index is 345. The highest BCUT2D eigenvalue weighted by atomic mass is 16.2. The zero-order valence-electron chi connectivity index (χ0n) is 12.0. The molecule has 0 aromatic heterocycles. The van der Waals surface area contributed by atoms with Gasteiger partial charge in [-0.2, -0.15) is 0 Å². The Morgan fingerprint density at radius 1 is 1.16 bits per heavy atom. The van der Waals surface area contributed by atoms with Crippen molar-refractivity contribution in [3.8, 4) is 0 Å². The molecule has 0 aromatic rings. The Morgan fingerprint density at radius 3 is 2.21 bits per heavy atom. The van der Waals surface area contributed by atoms with Crippen LogP contribution in [0.2, 0.25) is 0 Å². The lowest BCUT2D eigenvalue weighted by Crippen LogP contribution is -2.46. The standard InChI is InChI=1S/C13H23N3O3/c1-4-15(9-12(18)14(2)3)10-13(19)16-7-5-11(17)6-8-16/h4-10H2,1-3H3. The topological polar surface area (TPSA) is 60.9 Å². The highest BCUT2D eigenvalue weighted by molar-refractivity contribution is 5.84. The second kappa shape index (κ2) is 7.23. The summed E-state index contributed by atoms with van der Waals surface area (Å²) in [7, 11) is 3.41. The number of nitrogens with zero attached hydrogens (tertiary/aromatic N) is 3. The fourth-order valence-corrected chi connectivity index (χ4v) is 1.91. The van der Waals surface area contributed by atoms with Crippen molar-refractivity contribution in [2.75, 3.05) is 46.8 Å². The quantitative estimate of drug-likeness (QED) is 0.680. The molecule has 0 N–H and O–H groups in total. The number of carbonyl (C=O) groups excluding carboxylic acids is 3. The van der Waals surface area contributed by atoms with Crippen LogP contribution in [0, 0.1) is 0 Å². The molecule has 0 bridgehead atoms. The number of hydrogen-bond donors (Lipinski definition) is 0. The van der Waals surface area contributed by atoms with Gasteiger partial charge in [0.25, 0.3) is 0 Å². The lowest BCUT2D eigenvalue weighted by Gasteiger charge is -2.29. The fourth-order valence-electron chi connectivity index (χ4n) is 1.91. The molecule has 0 saturated carbocycles. The minimum absolute atomic E-state index is 0.000839. The van der Waals surface area contributed by atoms with Crippen LogP contribution < -0.4 is 0 Å². The van der Waals surface area contributed by atoms with Crippen molar-refractivity contribution in [3.63, 3.8) is 0 Å². The predicted octanol–water partition coefficient (Wildman–Crippen LogP) is -0.412. The molecule has 0 aromatic carbocycles. The van der Waals surface area contributed by atoms with E-state index in [1.807, 2.05) is 11.8 Å². The van der Waals surface area contributed by atoms with Crippen molar-refractivity contribution in [3.05, 3.63) is 0 Å². The summed E-state index contributed by atoms with van der Waals surface area (Å²) in [4.78, 5) is 39.9. The van der Waals surface area contributed by atoms with E-state index in [-0.39, 0.29) is 30.7 Å². The number of ketones is 1. The number of likely N-dealkylation sites (tertiary alicyclic amines) is 1. The van der Waals surface area contributed by atoms with Crippen LogP contribution in [0.25, 0.3) is 0 Å². The van der Waals surface area contributed by atoms with Gasteiger partial charge in [-0.15, -0.1) is 0 Å². The average molecular weight is 269 g/mol. The largest absolute Gasteiger partial charge is 0.348 e. The van der Waals surface area contributed by atoms with E-state index in [9.17, 15) is 14.4 Å². The zero-order chi connectivity index (χ0) is 14.4. The zero-order valence-corrected chi connectivity index (χ0v) is 12.0. The Balaban J connectivity index is 2.44. The molecule has 6 nitrogen and oxygen atoms in total. The Morgan fingerprint density at radius 2 is 1.74 bits per heavy atom. The van der Waals surface area contributed by atoms with Crippen molar-refractivity contribution < 1.29 is 14.4 Å². The van der Waals surface area contributed by atoms with E-state index in [0.717, 1.165) is 0 Å². The molecule has 6 heteroatoms. The number of likely N-dealkylation sites (N-methyl/N-ethyl adjacent to an activating group) is 2. The van der Waals surface area contributed by atoms with Gasteiger partial charge in [-0.1, -0.05) is 6.92 Å². The maximum absolute atomic E-state index is 12.1. The molecule has 0 spiro atoms. The number of amides is 2.